The largest absolute Gasteiger partial charge is 0.437 e. The Kier molecular flexibility index (Phi) is 5.60. The van der Waals surface area contributed by atoms with Crippen molar-refractivity contribution in [3.63, 3.8) is 0 Å². The molecule has 0 aromatic heterocycles. The Labute approximate surface area is 119 Å². The zero-order chi connectivity index (χ0) is 19.1. The van der Waals surface area contributed by atoms with E-state index in [2.05, 4.69) is 4.74 Å². The van der Waals surface area contributed by atoms with Crippen LogP contribution in [0.3, 0.4) is 0 Å². The van der Waals surface area contributed by atoms with E-state index in [0.717, 1.165) is 0 Å². The highest BCUT2D eigenvalue weighted by atomic mass is 19.4. The van der Waals surface area contributed by atoms with Gasteiger partial charge < -0.3 is 4.74 Å². The van der Waals surface area contributed by atoms with Crippen molar-refractivity contribution in [2.24, 2.45) is 0 Å². The summed E-state index contributed by atoms with van der Waals surface area (Å²) in [5.41, 5.74) is -7.56. The average molecular weight is 378 g/mol. The molecule has 0 aliphatic carbocycles. The molecular formula is C9H7F13O. The van der Waals surface area contributed by atoms with Crippen molar-refractivity contribution in [2.75, 3.05) is 13.3 Å². The Balaban J connectivity index is 6.75. The van der Waals surface area contributed by atoms with Gasteiger partial charge in [0.2, 0.25) is 0 Å². The highest BCUT2D eigenvalue weighted by molar-refractivity contribution is 5.15. The molecule has 0 spiro atoms. The summed E-state index contributed by atoms with van der Waals surface area (Å²) in [6, 6.07) is 0. The third kappa shape index (κ3) is 2.93. The van der Waals surface area contributed by atoms with Crippen molar-refractivity contribution in [1.82, 2.24) is 0 Å². The Morgan fingerprint density at radius 2 is 1.04 bits per heavy atom. The Hall–Kier alpha value is -0.950. The molecular weight excluding hydrogens is 371 g/mol. The summed E-state index contributed by atoms with van der Waals surface area (Å²) in [6.07, 6.45) is -15.0. The molecule has 0 aliphatic heterocycles. The average Bonchev–Trinajstić information content (AvgIpc) is 2.34. The molecule has 0 bridgehead atoms. The third-order valence-corrected chi connectivity index (χ3v) is 2.60. The predicted octanol–water partition coefficient (Wildman–Crippen LogP) is 4.76. The molecule has 23 heavy (non-hydrogen) atoms. The fourth-order valence-corrected chi connectivity index (χ4v) is 1.45. The van der Waals surface area contributed by atoms with Crippen LogP contribution >= 0.6 is 0 Å². The second-order valence-electron chi connectivity index (χ2n) is 4.09. The Morgan fingerprint density at radius 3 is 1.26 bits per heavy atom. The van der Waals surface area contributed by atoms with Crippen molar-refractivity contribution >= 4 is 0 Å². The van der Waals surface area contributed by atoms with Crippen LogP contribution in [-0.2, 0) is 4.74 Å². The predicted molar refractivity (Wildman–Crippen MR) is 47.3 cm³/mol. The lowest BCUT2D eigenvalue weighted by molar-refractivity contribution is -0.469. The molecule has 0 fully saturated rings. The quantitative estimate of drug-likeness (QED) is 0.606. The van der Waals surface area contributed by atoms with E-state index in [4.69, 9.17) is 0 Å². The second-order valence-corrected chi connectivity index (χ2v) is 4.09. The first-order valence-electron chi connectivity index (χ1n) is 5.34. The Morgan fingerprint density at radius 1 is 0.696 bits per heavy atom. The van der Waals surface area contributed by atoms with Crippen molar-refractivity contribution in [1.29, 1.82) is 0 Å². The Bertz CT molecular complexity index is 397. The van der Waals surface area contributed by atoms with Crippen LogP contribution < -0.4 is 0 Å². The van der Waals surface area contributed by atoms with E-state index >= 15 is 0 Å². The summed E-state index contributed by atoms with van der Waals surface area (Å²) in [6.45, 7) is -5.05. The van der Waals surface area contributed by atoms with Gasteiger partial charge in [0.1, 0.15) is 0 Å². The number of hydrogen-bond donors (Lipinski definition) is 0. The van der Waals surface area contributed by atoms with Crippen molar-refractivity contribution in [2.45, 2.75) is 42.6 Å². The van der Waals surface area contributed by atoms with Gasteiger partial charge in [-0.05, 0) is 6.92 Å². The van der Waals surface area contributed by atoms with Gasteiger partial charge in [0, 0.05) is 6.61 Å². The zero-order valence-corrected chi connectivity index (χ0v) is 10.7. The van der Waals surface area contributed by atoms with Crippen LogP contribution in [0.5, 0.6) is 0 Å². The first kappa shape index (κ1) is 22.1. The van der Waals surface area contributed by atoms with Gasteiger partial charge >= 0.3 is 35.7 Å². The fraction of sp³-hybridized carbons (Fsp3) is 1.00. The molecule has 0 saturated heterocycles. The lowest BCUT2D eigenvalue weighted by Gasteiger charge is -2.45. The maximum atomic E-state index is 13.9. The summed E-state index contributed by atoms with van der Waals surface area (Å²) in [4.78, 5) is 0. The van der Waals surface area contributed by atoms with Crippen molar-refractivity contribution in [3.05, 3.63) is 0 Å². The summed E-state index contributed by atoms with van der Waals surface area (Å²) in [7, 11) is 0. The monoisotopic (exact) mass is 378 g/mol. The molecule has 0 N–H and O–H groups in total. The highest BCUT2D eigenvalue weighted by Crippen LogP contribution is 2.61. The number of rotatable bonds is 6. The van der Waals surface area contributed by atoms with E-state index < -0.39 is 49.0 Å². The summed E-state index contributed by atoms with van der Waals surface area (Å²) >= 11 is 0. The van der Waals surface area contributed by atoms with Gasteiger partial charge in [-0.2, -0.15) is 43.9 Å². The van der Waals surface area contributed by atoms with Gasteiger partial charge in [-0.1, -0.05) is 0 Å². The minimum atomic E-state index is -7.56. The lowest BCUT2D eigenvalue weighted by Crippen LogP contribution is -2.76. The van der Waals surface area contributed by atoms with Crippen LogP contribution in [-0.4, -0.2) is 49.0 Å². The minimum absolute atomic E-state index is 0.325. The van der Waals surface area contributed by atoms with E-state index in [1.807, 2.05) is 0 Å². The number of alkyl halides is 13. The molecule has 0 saturated carbocycles. The molecule has 1 nitrogen and oxygen atoms in total. The van der Waals surface area contributed by atoms with Gasteiger partial charge in [0.05, 0.1) is 0 Å². The molecule has 1 unspecified atom stereocenters. The number of halogens is 13. The van der Waals surface area contributed by atoms with Crippen LogP contribution in [0.4, 0.5) is 57.1 Å². The molecule has 14 heteroatoms. The molecule has 0 rings (SSSR count). The van der Waals surface area contributed by atoms with Crippen LogP contribution in [0, 0.1) is 0 Å². The van der Waals surface area contributed by atoms with Crippen molar-refractivity contribution < 1.29 is 61.8 Å². The molecule has 0 aliphatic rings. The van der Waals surface area contributed by atoms with Gasteiger partial charge in [0.25, 0.3) is 0 Å². The van der Waals surface area contributed by atoms with Crippen molar-refractivity contribution in [3.8, 4) is 0 Å². The van der Waals surface area contributed by atoms with Crippen LogP contribution in [0.15, 0.2) is 0 Å². The normalized spacial score (nSPS) is 18.0. The number of ether oxygens (including phenoxy) is 1. The standard InChI is InChI=1S/C9H7F13O/c1-2-23-7(16,6(14,15)4(11,12)3-10)5(13,8(17,18)19)9(20,21)22/h2-3H2,1H3. The first-order chi connectivity index (χ1) is 9.87. The zero-order valence-electron chi connectivity index (χ0n) is 10.7. The van der Waals surface area contributed by atoms with E-state index in [1.165, 1.54) is 0 Å². The summed E-state index contributed by atoms with van der Waals surface area (Å²) in [5, 5.41) is 0. The van der Waals surface area contributed by atoms with Gasteiger partial charge in [-0.15, -0.1) is 0 Å². The molecule has 0 aromatic rings. The SMILES string of the molecule is CCOC(F)(C(F)(F)C(F)(F)CF)C(F)(C(F)(F)F)C(F)(F)F. The smallest absolute Gasteiger partial charge is 0.338 e. The summed E-state index contributed by atoms with van der Waals surface area (Å²) in [5.74, 6) is -20.6. The molecule has 0 aromatic carbocycles. The van der Waals surface area contributed by atoms with E-state index in [9.17, 15) is 57.1 Å². The van der Waals surface area contributed by atoms with Gasteiger partial charge in [-0.3, -0.25) is 0 Å². The number of hydrogen-bond acceptors (Lipinski definition) is 1. The minimum Gasteiger partial charge on any atom is -0.338 e. The van der Waals surface area contributed by atoms with Gasteiger partial charge in [-0.25, -0.2) is 13.2 Å². The topological polar surface area (TPSA) is 9.23 Å². The maximum absolute atomic E-state index is 13.9. The highest BCUT2D eigenvalue weighted by Gasteiger charge is 2.93. The van der Waals surface area contributed by atoms with Crippen LogP contribution in [0.1, 0.15) is 6.92 Å². The third-order valence-electron chi connectivity index (χ3n) is 2.60. The van der Waals surface area contributed by atoms with Crippen LogP contribution in [0.25, 0.3) is 0 Å². The lowest BCUT2D eigenvalue weighted by atomic mass is 9.86. The second kappa shape index (κ2) is 5.84. The fourth-order valence-electron chi connectivity index (χ4n) is 1.45. The molecule has 140 valence electrons. The van der Waals surface area contributed by atoms with E-state index in [1.54, 1.807) is 0 Å². The summed E-state index contributed by atoms with van der Waals surface area (Å²) < 4.78 is 168. The maximum Gasteiger partial charge on any atom is 0.437 e. The first-order valence-corrected chi connectivity index (χ1v) is 5.34. The molecule has 0 radical (unpaired) electrons. The van der Waals surface area contributed by atoms with E-state index in [0.29, 0.717) is 6.92 Å². The van der Waals surface area contributed by atoms with E-state index in [-0.39, 0.29) is 0 Å². The van der Waals surface area contributed by atoms with Crippen LogP contribution in [0.2, 0.25) is 0 Å². The molecule has 0 heterocycles. The molecule has 0 amide bonds. The van der Waals surface area contributed by atoms with Gasteiger partial charge in [0.15, 0.2) is 6.67 Å². The molecule has 1 atom stereocenters.